The number of amides is 1. The molecule has 0 aromatic heterocycles. The lowest BCUT2D eigenvalue weighted by Crippen LogP contribution is -2.56. The maximum absolute atomic E-state index is 12.6. The molecule has 5 nitrogen and oxygen atoms in total. The van der Waals surface area contributed by atoms with Crippen molar-refractivity contribution in [1.82, 2.24) is 10.6 Å². The van der Waals surface area contributed by atoms with Gasteiger partial charge in [0.15, 0.2) is 5.11 Å². The zero-order chi connectivity index (χ0) is 20.9. The van der Waals surface area contributed by atoms with Crippen LogP contribution in [0.5, 0.6) is 5.75 Å². The largest absolute Gasteiger partial charge is 0.496 e. The molecule has 2 aromatic rings. The summed E-state index contributed by atoms with van der Waals surface area (Å²) in [4.78, 5) is 12.6. The Balaban J connectivity index is 2.13. The molecular weight excluding hydrogens is 441 g/mol. The first-order valence-electron chi connectivity index (χ1n) is 8.27. The van der Waals surface area contributed by atoms with Gasteiger partial charge in [0.25, 0.3) is 5.91 Å². The van der Waals surface area contributed by atoms with Gasteiger partial charge in [-0.25, -0.2) is 0 Å². The van der Waals surface area contributed by atoms with Crippen molar-refractivity contribution in [3.8, 4) is 5.75 Å². The zero-order valence-corrected chi connectivity index (χ0v) is 18.6. The minimum Gasteiger partial charge on any atom is -0.496 e. The lowest BCUT2D eigenvalue weighted by molar-refractivity contribution is 0.0931. The number of rotatable bonds is 5. The topological polar surface area (TPSA) is 62.4 Å². The SMILES string of the molecule is COc1ccccc1C(=O)N[C@H](NC(=S)Nc1ccc(C)cc1C)C(Cl)(Cl)Cl. The number of anilines is 1. The Kier molecular flexibility index (Phi) is 7.78. The fraction of sp³-hybridized carbons (Fsp3) is 0.263. The van der Waals surface area contributed by atoms with Crippen LogP contribution in [0.4, 0.5) is 5.69 Å². The van der Waals surface area contributed by atoms with E-state index in [-0.39, 0.29) is 5.11 Å². The highest BCUT2D eigenvalue weighted by atomic mass is 35.6. The molecule has 1 amide bonds. The van der Waals surface area contributed by atoms with E-state index in [4.69, 9.17) is 51.8 Å². The summed E-state index contributed by atoms with van der Waals surface area (Å²) >= 11 is 23.4. The number of halogens is 3. The predicted molar refractivity (Wildman–Crippen MR) is 120 cm³/mol. The van der Waals surface area contributed by atoms with E-state index in [0.717, 1.165) is 16.8 Å². The zero-order valence-electron chi connectivity index (χ0n) is 15.5. The first-order chi connectivity index (χ1) is 13.1. The molecule has 0 saturated heterocycles. The number of nitrogens with one attached hydrogen (secondary N) is 3. The second kappa shape index (κ2) is 9.65. The molecule has 0 radical (unpaired) electrons. The van der Waals surface area contributed by atoms with Gasteiger partial charge >= 0.3 is 0 Å². The number of methoxy groups -OCH3 is 1. The molecule has 0 aliphatic carbocycles. The number of carbonyl (C=O) groups excluding carboxylic acids is 1. The third-order valence-electron chi connectivity index (χ3n) is 3.86. The molecule has 3 N–H and O–H groups in total. The van der Waals surface area contributed by atoms with E-state index in [1.165, 1.54) is 7.11 Å². The van der Waals surface area contributed by atoms with Crippen molar-refractivity contribution in [3.63, 3.8) is 0 Å². The molecule has 0 unspecified atom stereocenters. The highest BCUT2D eigenvalue weighted by Crippen LogP contribution is 2.30. The van der Waals surface area contributed by atoms with Crippen LogP contribution in [0, 0.1) is 13.8 Å². The number of alkyl halides is 3. The second-order valence-corrected chi connectivity index (χ2v) is 8.84. The van der Waals surface area contributed by atoms with Crippen molar-refractivity contribution in [3.05, 3.63) is 59.2 Å². The summed E-state index contributed by atoms with van der Waals surface area (Å²) in [6, 6.07) is 12.6. The van der Waals surface area contributed by atoms with Crippen LogP contribution < -0.4 is 20.7 Å². The van der Waals surface area contributed by atoms with Crippen LogP contribution in [-0.4, -0.2) is 28.1 Å². The molecule has 2 rings (SSSR count). The van der Waals surface area contributed by atoms with E-state index >= 15 is 0 Å². The molecule has 1 atom stereocenters. The molecule has 0 aliphatic rings. The van der Waals surface area contributed by atoms with Gasteiger partial charge in [0, 0.05) is 5.69 Å². The summed E-state index contributed by atoms with van der Waals surface area (Å²) in [5.41, 5.74) is 3.25. The standard InChI is InChI=1S/C19H20Cl3N3O2S/c1-11-8-9-14(12(2)10-11)23-18(28)25-17(19(20,21)22)24-16(26)13-6-4-5-7-15(13)27-3/h4-10,17H,1-3H3,(H,24,26)(H2,23,25,28)/t17-/m1/s1. The lowest BCUT2D eigenvalue weighted by Gasteiger charge is -2.28. The Morgan fingerprint density at radius 1 is 1.11 bits per heavy atom. The number of hydrogen-bond acceptors (Lipinski definition) is 3. The van der Waals surface area contributed by atoms with E-state index in [9.17, 15) is 4.79 Å². The quantitative estimate of drug-likeness (QED) is 0.342. The first kappa shape index (κ1) is 22.6. The summed E-state index contributed by atoms with van der Waals surface area (Å²) in [5.74, 6) is -0.0744. The smallest absolute Gasteiger partial charge is 0.256 e. The number of aryl methyl sites for hydroxylation is 2. The van der Waals surface area contributed by atoms with Gasteiger partial charge in [-0.3, -0.25) is 4.79 Å². The van der Waals surface area contributed by atoms with Crippen molar-refractivity contribution in [2.24, 2.45) is 0 Å². The average Bonchev–Trinajstić information content (AvgIpc) is 2.62. The Morgan fingerprint density at radius 3 is 2.39 bits per heavy atom. The van der Waals surface area contributed by atoms with E-state index in [2.05, 4.69) is 16.0 Å². The fourth-order valence-corrected chi connectivity index (χ4v) is 3.04. The third-order valence-corrected chi connectivity index (χ3v) is 4.73. The normalized spacial score (nSPS) is 12.1. The van der Waals surface area contributed by atoms with Gasteiger partial charge in [0.05, 0.1) is 12.7 Å². The summed E-state index contributed by atoms with van der Waals surface area (Å²) in [6.07, 6.45) is -1.08. The highest BCUT2D eigenvalue weighted by molar-refractivity contribution is 7.80. The number of benzene rings is 2. The van der Waals surface area contributed by atoms with E-state index in [1.54, 1.807) is 24.3 Å². The number of para-hydroxylation sites is 1. The third kappa shape index (κ3) is 6.14. The first-order valence-corrected chi connectivity index (χ1v) is 9.81. The van der Waals surface area contributed by atoms with Crippen LogP contribution >= 0.6 is 47.0 Å². The number of hydrogen-bond donors (Lipinski definition) is 3. The van der Waals surface area contributed by atoms with Gasteiger partial charge in [-0.2, -0.15) is 0 Å². The molecule has 9 heteroatoms. The van der Waals surface area contributed by atoms with Gasteiger partial charge in [0.1, 0.15) is 11.9 Å². The van der Waals surface area contributed by atoms with Crippen LogP contribution in [0.3, 0.4) is 0 Å². The molecule has 150 valence electrons. The Morgan fingerprint density at radius 2 is 1.79 bits per heavy atom. The van der Waals surface area contributed by atoms with Crippen molar-refractivity contribution in [2.75, 3.05) is 12.4 Å². The summed E-state index contributed by atoms with van der Waals surface area (Å²) in [5, 5.41) is 8.71. The minimum absolute atomic E-state index is 0.198. The van der Waals surface area contributed by atoms with Crippen molar-refractivity contribution in [1.29, 1.82) is 0 Å². The van der Waals surface area contributed by atoms with Gasteiger partial charge in [0.2, 0.25) is 3.79 Å². The average molecular weight is 461 g/mol. The maximum Gasteiger partial charge on any atom is 0.256 e. The van der Waals surface area contributed by atoms with Crippen LogP contribution in [0.2, 0.25) is 0 Å². The van der Waals surface area contributed by atoms with Crippen LogP contribution in [-0.2, 0) is 0 Å². The Labute approximate surface area is 184 Å². The van der Waals surface area contributed by atoms with Gasteiger partial charge in [-0.05, 0) is 49.8 Å². The number of ether oxygens (including phenoxy) is 1. The number of carbonyl (C=O) groups is 1. The fourth-order valence-electron chi connectivity index (χ4n) is 2.48. The molecule has 0 saturated carbocycles. The molecule has 0 aliphatic heterocycles. The van der Waals surface area contributed by atoms with Crippen LogP contribution in [0.15, 0.2) is 42.5 Å². The Hall–Kier alpha value is -1.73. The van der Waals surface area contributed by atoms with Gasteiger partial charge in [-0.15, -0.1) is 0 Å². The molecular formula is C19H20Cl3N3O2S. The van der Waals surface area contributed by atoms with E-state index < -0.39 is 15.9 Å². The van der Waals surface area contributed by atoms with E-state index in [0.29, 0.717) is 11.3 Å². The monoisotopic (exact) mass is 459 g/mol. The maximum atomic E-state index is 12.6. The Bertz CT molecular complexity index is 872. The van der Waals surface area contributed by atoms with Gasteiger partial charge < -0.3 is 20.7 Å². The lowest BCUT2D eigenvalue weighted by atomic mass is 10.1. The number of thiocarbonyl (C=S) groups is 1. The summed E-state index contributed by atoms with van der Waals surface area (Å²) in [7, 11) is 1.47. The predicted octanol–water partition coefficient (Wildman–Crippen LogP) is 4.72. The minimum atomic E-state index is -1.86. The van der Waals surface area contributed by atoms with Crippen molar-refractivity contribution < 1.29 is 9.53 Å². The van der Waals surface area contributed by atoms with Crippen molar-refractivity contribution in [2.45, 2.75) is 23.8 Å². The van der Waals surface area contributed by atoms with E-state index in [1.807, 2.05) is 32.0 Å². The second-order valence-electron chi connectivity index (χ2n) is 6.07. The molecule has 2 aromatic carbocycles. The van der Waals surface area contributed by atoms with Gasteiger partial charge in [-0.1, -0.05) is 64.6 Å². The summed E-state index contributed by atoms with van der Waals surface area (Å²) in [6.45, 7) is 3.95. The molecule has 0 heterocycles. The van der Waals surface area contributed by atoms with Crippen molar-refractivity contribution >= 4 is 63.7 Å². The highest BCUT2D eigenvalue weighted by Gasteiger charge is 2.35. The molecule has 28 heavy (non-hydrogen) atoms. The van der Waals surface area contributed by atoms with Crippen LogP contribution in [0.1, 0.15) is 21.5 Å². The molecule has 0 spiro atoms. The molecule has 0 bridgehead atoms. The van der Waals surface area contributed by atoms with Crippen LogP contribution in [0.25, 0.3) is 0 Å². The summed E-state index contributed by atoms with van der Waals surface area (Å²) < 4.78 is 3.34. The molecule has 0 fully saturated rings.